The van der Waals surface area contributed by atoms with Crippen molar-refractivity contribution in [2.24, 2.45) is 34.5 Å². The van der Waals surface area contributed by atoms with Gasteiger partial charge in [-0.2, -0.15) is 0 Å². The van der Waals surface area contributed by atoms with E-state index in [1.807, 2.05) is 0 Å². The molecule has 3 aliphatic carbocycles. The summed E-state index contributed by atoms with van der Waals surface area (Å²) >= 11 is 0. The first-order valence-corrected chi connectivity index (χ1v) is 12.1. The van der Waals surface area contributed by atoms with Crippen LogP contribution in [0.5, 0.6) is 0 Å². The summed E-state index contributed by atoms with van der Waals surface area (Å²) in [6.45, 7) is 9.02. The van der Waals surface area contributed by atoms with Gasteiger partial charge in [0.05, 0.1) is 0 Å². The number of hydrogen-bond donors (Lipinski definition) is 1. The average molecular weight is 399 g/mol. The molecule has 0 radical (unpaired) electrons. The van der Waals surface area contributed by atoms with E-state index in [0.29, 0.717) is 36.1 Å². The Bertz CT molecular complexity index is 737. The molecule has 2 saturated carbocycles. The number of piperidine rings is 2. The minimum Gasteiger partial charge on any atom is -0.353 e. The molecule has 6 atom stereocenters. The predicted molar refractivity (Wildman–Crippen MR) is 114 cm³/mol. The van der Waals surface area contributed by atoms with Crippen LogP contribution in [-0.2, 0) is 9.59 Å². The van der Waals surface area contributed by atoms with Gasteiger partial charge in [0.2, 0.25) is 11.8 Å². The summed E-state index contributed by atoms with van der Waals surface area (Å²) < 4.78 is 0. The van der Waals surface area contributed by atoms with Gasteiger partial charge in [0.1, 0.15) is 0 Å². The van der Waals surface area contributed by atoms with Gasteiger partial charge >= 0.3 is 0 Å². The van der Waals surface area contributed by atoms with Crippen molar-refractivity contribution >= 4 is 11.8 Å². The zero-order valence-corrected chi connectivity index (χ0v) is 18.5. The summed E-state index contributed by atoms with van der Waals surface area (Å²) in [4.78, 5) is 27.6. The van der Waals surface area contributed by atoms with Crippen molar-refractivity contribution in [2.45, 2.75) is 84.6 Å². The number of amides is 2. The number of fused-ring (bicyclic) bond motifs is 5. The molecule has 0 unspecified atom stereocenters. The monoisotopic (exact) mass is 398 g/mol. The summed E-state index contributed by atoms with van der Waals surface area (Å²) in [6.07, 6.45) is 12.1. The van der Waals surface area contributed by atoms with Crippen molar-refractivity contribution < 1.29 is 9.59 Å². The van der Waals surface area contributed by atoms with Crippen molar-refractivity contribution in [3.63, 3.8) is 0 Å². The van der Waals surface area contributed by atoms with E-state index in [2.05, 4.69) is 37.1 Å². The SMILES string of the molecule is CC1CCN(C(=O)C2=CC[C@H]3[C@@H]4CC[C@H]5NC(=O)CC[C@]5(C)[C@H]4CC[C@]23C)CC1. The van der Waals surface area contributed by atoms with Crippen LogP contribution in [0.4, 0.5) is 0 Å². The van der Waals surface area contributed by atoms with Crippen molar-refractivity contribution in [3.8, 4) is 0 Å². The first-order valence-electron chi connectivity index (χ1n) is 12.1. The summed E-state index contributed by atoms with van der Waals surface area (Å²) in [5.74, 6) is 3.34. The zero-order valence-electron chi connectivity index (χ0n) is 18.5. The Balaban J connectivity index is 1.35. The lowest BCUT2D eigenvalue weighted by Crippen LogP contribution is -2.61. The molecule has 0 aromatic carbocycles. The van der Waals surface area contributed by atoms with Crippen LogP contribution in [0.1, 0.15) is 78.6 Å². The topological polar surface area (TPSA) is 49.4 Å². The highest BCUT2D eigenvalue weighted by Gasteiger charge is 2.59. The Hall–Kier alpha value is -1.32. The molecule has 0 aromatic heterocycles. The molecular formula is C25H38N2O2. The molecule has 5 rings (SSSR count). The Labute approximate surface area is 175 Å². The largest absolute Gasteiger partial charge is 0.353 e. The second-order valence-corrected chi connectivity index (χ2v) is 11.4. The van der Waals surface area contributed by atoms with Crippen molar-refractivity contribution in [1.29, 1.82) is 0 Å². The zero-order chi connectivity index (χ0) is 20.4. The van der Waals surface area contributed by atoms with E-state index in [1.54, 1.807) is 0 Å². The second kappa shape index (κ2) is 6.85. The van der Waals surface area contributed by atoms with E-state index in [1.165, 1.54) is 12.8 Å². The molecule has 0 spiro atoms. The first-order chi connectivity index (χ1) is 13.8. The third kappa shape index (κ3) is 2.91. The fourth-order valence-corrected chi connectivity index (χ4v) is 7.98. The number of carbonyl (C=O) groups excluding carboxylic acids is 2. The van der Waals surface area contributed by atoms with Gasteiger partial charge in [-0.1, -0.05) is 26.8 Å². The smallest absolute Gasteiger partial charge is 0.250 e. The van der Waals surface area contributed by atoms with Crippen molar-refractivity contribution in [1.82, 2.24) is 10.2 Å². The van der Waals surface area contributed by atoms with E-state index in [4.69, 9.17) is 0 Å². The predicted octanol–water partition coefficient (Wildman–Crippen LogP) is 4.30. The fourth-order valence-electron chi connectivity index (χ4n) is 7.98. The molecule has 0 bridgehead atoms. The normalized spacial score (nSPS) is 45.0. The van der Waals surface area contributed by atoms with Gasteiger partial charge in [-0.15, -0.1) is 0 Å². The molecule has 5 aliphatic rings. The maximum Gasteiger partial charge on any atom is 0.250 e. The van der Waals surface area contributed by atoms with Crippen LogP contribution in [0, 0.1) is 34.5 Å². The molecule has 160 valence electrons. The van der Waals surface area contributed by atoms with E-state index < -0.39 is 0 Å². The van der Waals surface area contributed by atoms with Crippen LogP contribution in [0.2, 0.25) is 0 Å². The lowest BCUT2D eigenvalue weighted by atomic mass is 9.47. The lowest BCUT2D eigenvalue weighted by Gasteiger charge is -2.60. The highest BCUT2D eigenvalue weighted by atomic mass is 16.2. The molecule has 2 amide bonds. The lowest BCUT2D eigenvalue weighted by molar-refractivity contribution is -0.137. The first kappa shape index (κ1) is 19.6. The third-order valence-corrected chi connectivity index (χ3v) is 9.98. The van der Waals surface area contributed by atoms with Crippen LogP contribution < -0.4 is 5.32 Å². The van der Waals surface area contributed by atoms with Gasteiger partial charge in [-0.3, -0.25) is 9.59 Å². The molecule has 0 aromatic rings. The number of likely N-dealkylation sites (tertiary alicyclic amines) is 1. The van der Waals surface area contributed by atoms with Crippen molar-refractivity contribution in [3.05, 3.63) is 11.6 Å². The highest BCUT2D eigenvalue weighted by molar-refractivity contribution is 5.95. The average Bonchev–Trinajstić information content (AvgIpc) is 3.06. The molecule has 1 N–H and O–H groups in total. The van der Waals surface area contributed by atoms with Crippen molar-refractivity contribution in [2.75, 3.05) is 13.1 Å². The highest BCUT2D eigenvalue weighted by Crippen LogP contribution is 2.64. The van der Waals surface area contributed by atoms with E-state index in [-0.39, 0.29) is 16.7 Å². The maximum atomic E-state index is 13.5. The minimum atomic E-state index is 0.0580. The van der Waals surface area contributed by atoms with Gasteiger partial charge in [-0.05, 0) is 80.5 Å². The number of allylic oxidation sites excluding steroid dienone is 1. The summed E-state index contributed by atoms with van der Waals surface area (Å²) in [7, 11) is 0. The molecule has 2 heterocycles. The van der Waals surface area contributed by atoms with E-state index >= 15 is 0 Å². The molecule has 4 heteroatoms. The third-order valence-electron chi connectivity index (χ3n) is 9.98. The standard InChI is InChI=1S/C25H38N2O2/c1-16-10-14-27(15-11-16)23(29)20-6-5-18-17-4-7-21-25(3,13-9-22(28)26-21)19(17)8-12-24(18,20)2/h6,16-19,21H,4-5,7-15H2,1-3H3,(H,26,28)/t17-,18-,19-,21+,24-,25+/m0/s1. The molecule has 4 fully saturated rings. The Morgan fingerprint density at radius 1 is 1.07 bits per heavy atom. The van der Waals surface area contributed by atoms with Gasteiger partial charge in [0.25, 0.3) is 0 Å². The number of rotatable bonds is 1. The number of carbonyl (C=O) groups is 2. The van der Waals surface area contributed by atoms with E-state index in [9.17, 15) is 9.59 Å². The minimum absolute atomic E-state index is 0.0580. The number of nitrogens with one attached hydrogen (secondary N) is 1. The van der Waals surface area contributed by atoms with Gasteiger partial charge in [0, 0.05) is 36.5 Å². The van der Waals surface area contributed by atoms with Gasteiger partial charge < -0.3 is 10.2 Å². The van der Waals surface area contributed by atoms with Crippen LogP contribution in [0.15, 0.2) is 11.6 Å². The van der Waals surface area contributed by atoms with Gasteiger partial charge in [0.15, 0.2) is 0 Å². The Morgan fingerprint density at radius 3 is 2.59 bits per heavy atom. The summed E-state index contributed by atoms with van der Waals surface area (Å²) in [5.41, 5.74) is 1.44. The Morgan fingerprint density at radius 2 is 1.83 bits per heavy atom. The molecule has 2 saturated heterocycles. The summed E-state index contributed by atoms with van der Waals surface area (Å²) in [5, 5.41) is 3.32. The van der Waals surface area contributed by atoms with E-state index in [0.717, 1.165) is 63.1 Å². The second-order valence-electron chi connectivity index (χ2n) is 11.4. The number of hydrogen-bond acceptors (Lipinski definition) is 2. The maximum absolute atomic E-state index is 13.5. The Kier molecular flexibility index (Phi) is 4.64. The molecular weight excluding hydrogens is 360 g/mol. The van der Waals surface area contributed by atoms with Crippen LogP contribution in [0.3, 0.4) is 0 Å². The van der Waals surface area contributed by atoms with Crippen LogP contribution in [-0.4, -0.2) is 35.8 Å². The quantitative estimate of drug-likeness (QED) is 0.716. The van der Waals surface area contributed by atoms with Crippen LogP contribution >= 0.6 is 0 Å². The van der Waals surface area contributed by atoms with Gasteiger partial charge in [-0.25, -0.2) is 0 Å². The fraction of sp³-hybridized carbons (Fsp3) is 0.840. The molecule has 2 aliphatic heterocycles. The van der Waals surface area contributed by atoms with Crippen LogP contribution in [0.25, 0.3) is 0 Å². The molecule has 4 nitrogen and oxygen atoms in total. The molecule has 29 heavy (non-hydrogen) atoms. The summed E-state index contributed by atoms with van der Waals surface area (Å²) in [6, 6.07) is 0.361. The number of nitrogens with zero attached hydrogens (tertiary/aromatic N) is 1.